The number of ether oxygens (including phenoxy) is 2. The Balaban J connectivity index is 1.34. The lowest BCUT2D eigenvalue weighted by atomic mass is 9.77. The van der Waals surface area contributed by atoms with Crippen LogP contribution in [-0.2, 0) is 0 Å². The number of halogens is 1. The van der Waals surface area contributed by atoms with E-state index in [0.717, 1.165) is 24.1 Å². The van der Waals surface area contributed by atoms with E-state index in [0.29, 0.717) is 35.0 Å². The number of hydrogen-bond donors (Lipinski definition) is 1. The van der Waals surface area contributed by atoms with Crippen LogP contribution in [0, 0.1) is 5.92 Å². The van der Waals surface area contributed by atoms with Crippen LogP contribution in [0.2, 0.25) is 5.02 Å². The first-order valence-corrected chi connectivity index (χ1v) is 12.2. The van der Waals surface area contributed by atoms with Crippen LogP contribution in [0.25, 0.3) is 0 Å². The summed E-state index contributed by atoms with van der Waals surface area (Å²) in [6.45, 7) is 2.65. The summed E-state index contributed by atoms with van der Waals surface area (Å²) in [5, 5.41) is 4.30. The SMILES string of the molecule is CCCOc1c(Cl)cc(C=Nc2ccc([C@@H]3Nc4ccccc4[C@@H]4C=CC[C@H]43)cc2)cc1OC. The Morgan fingerprint density at radius 1 is 1.12 bits per heavy atom. The number of hydrogen-bond acceptors (Lipinski definition) is 4. The number of methoxy groups -OCH3 is 1. The Labute approximate surface area is 206 Å². The van der Waals surface area contributed by atoms with Crippen molar-refractivity contribution in [3.8, 4) is 11.5 Å². The van der Waals surface area contributed by atoms with E-state index in [1.165, 1.54) is 16.8 Å². The topological polar surface area (TPSA) is 42.8 Å². The zero-order valence-electron chi connectivity index (χ0n) is 19.5. The molecule has 34 heavy (non-hydrogen) atoms. The van der Waals surface area contributed by atoms with E-state index in [1.54, 1.807) is 13.3 Å². The van der Waals surface area contributed by atoms with Crippen molar-refractivity contribution < 1.29 is 9.47 Å². The lowest BCUT2D eigenvalue weighted by Gasteiger charge is -2.37. The van der Waals surface area contributed by atoms with Crippen LogP contribution < -0.4 is 14.8 Å². The largest absolute Gasteiger partial charge is 0.493 e. The van der Waals surface area contributed by atoms with Crippen LogP contribution in [0.1, 0.15) is 48.4 Å². The molecule has 0 aromatic heterocycles. The third-order valence-corrected chi connectivity index (χ3v) is 6.87. The lowest BCUT2D eigenvalue weighted by molar-refractivity contribution is 0.294. The molecule has 5 rings (SSSR count). The molecule has 3 aromatic carbocycles. The number of rotatable bonds is 7. The molecule has 1 N–H and O–H groups in total. The first-order chi connectivity index (χ1) is 16.7. The summed E-state index contributed by atoms with van der Waals surface area (Å²) in [6, 6.07) is 21.2. The quantitative estimate of drug-likeness (QED) is 0.283. The van der Waals surface area contributed by atoms with E-state index in [4.69, 9.17) is 21.1 Å². The Hall–Kier alpha value is -3.24. The van der Waals surface area contributed by atoms with Crippen molar-refractivity contribution in [2.75, 3.05) is 19.0 Å². The van der Waals surface area contributed by atoms with Gasteiger partial charge in [0.2, 0.25) is 0 Å². The number of aliphatic imine (C=N–C) groups is 1. The van der Waals surface area contributed by atoms with Gasteiger partial charge in [-0.2, -0.15) is 0 Å². The van der Waals surface area contributed by atoms with Gasteiger partial charge in [0.15, 0.2) is 11.5 Å². The maximum atomic E-state index is 6.44. The number of benzene rings is 3. The fourth-order valence-electron chi connectivity index (χ4n) is 4.95. The molecule has 0 spiro atoms. The molecule has 1 aliphatic heterocycles. The van der Waals surface area contributed by atoms with Gasteiger partial charge in [-0.25, -0.2) is 0 Å². The molecule has 0 bridgehead atoms. The van der Waals surface area contributed by atoms with Crippen molar-refractivity contribution in [3.05, 3.63) is 94.5 Å². The summed E-state index contributed by atoms with van der Waals surface area (Å²) < 4.78 is 11.2. The number of allylic oxidation sites excluding steroid dienone is 2. The molecule has 1 heterocycles. The minimum absolute atomic E-state index is 0.284. The zero-order valence-corrected chi connectivity index (χ0v) is 20.3. The summed E-state index contributed by atoms with van der Waals surface area (Å²) in [7, 11) is 1.62. The number of fused-ring (bicyclic) bond motifs is 3. The molecular weight excluding hydrogens is 444 g/mol. The van der Waals surface area contributed by atoms with Crippen molar-refractivity contribution in [2.24, 2.45) is 10.9 Å². The molecule has 2 aliphatic rings. The summed E-state index contributed by atoms with van der Waals surface area (Å²) in [5.41, 5.74) is 5.68. The molecule has 3 aromatic rings. The summed E-state index contributed by atoms with van der Waals surface area (Å²) in [5.74, 6) is 2.20. The van der Waals surface area contributed by atoms with Gasteiger partial charge in [0, 0.05) is 17.8 Å². The van der Waals surface area contributed by atoms with Gasteiger partial charge < -0.3 is 14.8 Å². The van der Waals surface area contributed by atoms with Crippen molar-refractivity contribution in [1.82, 2.24) is 0 Å². The second-order valence-corrected chi connectivity index (χ2v) is 9.20. The third-order valence-electron chi connectivity index (χ3n) is 6.59. The first kappa shape index (κ1) is 22.5. The van der Waals surface area contributed by atoms with Crippen molar-refractivity contribution in [2.45, 2.75) is 31.7 Å². The lowest BCUT2D eigenvalue weighted by Crippen LogP contribution is -2.28. The summed E-state index contributed by atoms with van der Waals surface area (Å²) >= 11 is 6.44. The minimum atomic E-state index is 0.284. The molecule has 174 valence electrons. The summed E-state index contributed by atoms with van der Waals surface area (Å²) in [6.07, 6.45) is 8.49. The standard InChI is InChI=1S/C29H29ClN2O2/c1-3-15-34-29-25(30)16-19(17-27(29)33-2)18-31-21-13-11-20(12-14-21)28-24-9-6-8-22(24)23-7-4-5-10-26(23)32-28/h4-8,10-14,16-18,22,24,28,32H,3,9,15H2,1-2H3/t22-,24+,28-/m0/s1. The van der Waals surface area contributed by atoms with E-state index in [9.17, 15) is 0 Å². The van der Waals surface area contributed by atoms with E-state index in [1.807, 2.05) is 12.1 Å². The van der Waals surface area contributed by atoms with Crippen molar-refractivity contribution in [1.29, 1.82) is 0 Å². The molecule has 0 fully saturated rings. The molecule has 0 radical (unpaired) electrons. The van der Waals surface area contributed by atoms with Gasteiger partial charge in [-0.3, -0.25) is 4.99 Å². The molecule has 0 saturated carbocycles. The van der Waals surface area contributed by atoms with Gasteiger partial charge in [0.1, 0.15) is 0 Å². The van der Waals surface area contributed by atoms with Gasteiger partial charge in [-0.15, -0.1) is 0 Å². The molecule has 1 aliphatic carbocycles. The molecule has 5 heteroatoms. The van der Waals surface area contributed by atoms with Crippen LogP contribution in [0.15, 0.2) is 77.8 Å². The van der Waals surface area contributed by atoms with E-state index in [-0.39, 0.29) is 6.04 Å². The Morgan fingerprint density at radius 2 is 1.94 bits per heavy atom. The number of anilines is 1. The minimum Gasteiger partial charge on any atom is -0.493 e. The monoisotopic (exact) mass is 472 g/mol. The molecule has 0 amide bonds. The second kappa shape index (κ2) is 9.94. The van der Waals surface area contributed by atoms with Gasteiger partial charge in [-0.05, 0) is 65.8 Å². The third kappa shape index (κ3) is 4.43. The van der Waals surface area contributed by atoms with Crippen molar-refractivity contribution in [3.63, 3.8) is 0 Å². The average Bonchev–Trinajstić information content (AvgIpc) is 3.37. The summed E-state index contributed by atoms with van der Waals surface area (Å²) in [4.78, 5) is 4.66. The van der Waals surface area contributed by atoms with Crippen LogP contribution in [-0.4, -0.2) is 19.9 Å². The predicted octanol–water partition coefficient (Wildman–Crippen LogP) is 7.71. The van der Waals surface area contributed by atoms with Crippen LogP contribution in [0.5, 0.6) is 11.5 Å². The second-order valence-electron chi connectivity index (χ2n) is 8.80. The molecule has 0 unspecified atom stereocenters. The number of nitrogens with zero attached hydrogens (tertiary/aromatic N) is 1. The fourth-order valence-corrected chi connectivity index (χ4v) is 5.22. The maximum absolute atomic E-state index is 6.44. The van der Waals surface area contributed by atoms with Crippen LogP contribution in [0.4, 0.5) is 11.4 Å². The van der Waals surface area contributed by atoms with Gasteiger partial charge >= 0.3 is 0 Å². The number of para-hydroxylation sites is 1. The fraction of sp³-hybridized carbons (Fsp3) is 0.276. The maximum Gasteiger partial charge on any atom is 0.179 e. The highest BCUT2D eigenvalue weighted by atomic mass is 35.5. The molecule has 3 atom stereocenters. The highest BCUT2D eigenvalue weighted by molar-refractivity contribution is 6.32. The van der Waals surface area contributed by atoms with E-state index < -0.39 is 0 Å². The highest BCUT2D eigenvalue weighted by Crippen LogP contribution is 2.49. The van der Waals surface area contributed by atoms with Crippen molar-refractivity contribution >= 4 is 29.2 Å². The molecule has 4 nitrogen and oxygen atoms in total. The first-order valence-electron chi connectivity index (χ1n) is 11.8. The Morgan fingerprint density at radius 3 is 2.74 bits per heavy atom. The normalized spacial score (nSPS) is 20.6. The van der Waals surface area contributed by atoms with Gasteiger partial charge in [0.05, 0.1) is 30.5 Å². The van der Waals surface area contributed by atoms with Crippen LogP contribution in [0.3, 0.4) is 0 Å². The number of nitrogens with one attached hydrogen (secondary N) is 1. The molecular formula is C29H29ClN2O2. The highest BCUT2D eigenvalue weighted by Gasteiger charge is 2.37. The smallest absolute Gasteiger partial charge is 0.179 e. The van der Waals surface area contributed by atoms with Gasteiger partial charge in [0.25, 0.3) is 0 Å². The average molecular weight is 473 g/mol. The molecule has 0 saturated heterocycles. The Bertz CT molecular complexity index is 1220. The Kier molecular flexibility index (Phi) is 6.59. The zero-order chi connectivity index (χ0) is 23.5. The van der Waals surface area contributed by atoms with Gasteiger partial charge in [-0.1, -0.05) is 61.0 Å². The van der Waals surface area contributed by atoms with E-state index >= 15 is 0 Å². The van der Waals surface area contributed by atoms with E-state index in [2.05, 4.69) is 77.9 Å². The van der Waals surface area contributed by atoms with Crippen LogP contribution >= 0.6 is 11.6 Å². The predicted molar refractivity (Wildman–Crippen MR) is 140 cm³/mol.